The molecular weight excluding hydrogens is 230 g/mol. The molecule has 6 nitrogen and oxygen atoms in total. The first-order chi connectivity index (χ1) is 7.59. The van der Waals surface area contributed by atoms with Crippen molar-refractivity contribution in [3.63, 3.8) is 0 Å². The third-order valence-corrected chi connectivity index (χ3v) is 2.98. The molecule has 0 unspecified atom stereocenters. The number of amides is 1. The van der Waals surface area contributed by atoms with Crippen LogP contribution in [0.15, 0.2) is 18.3 Å². The van der Waals surface area contributed by atoms with E-state index in [1.807, 2.05) is 0 Å². The first-order valence-corrected chi connectivity index (χ1v) is 5.20. The summed E-state index contributed by atoms with van der Waals surface area (Å²) >= 11 is 0.949. The minimum absolute atomic E-state index is 0.0936. The standard InChI is InChI=1S/C9H7N3O3S/c1-5(13)11-7-6-3-2-4-10-8(6)16-9(7)12(14)15/h2-4H,1H3,(H,11,13). The van der Waals surface area contributed by atoms with Crippen LogP contribution in [0.25, 0.3) is 10.2 Å². The molecule has 2 aromatic rings. The largest absolute Gasteiger partial charge is 0.350 e. The van der Waals surface area contributed by atoms with Gasteiger partial charge in [0.2, 0.25) is 5.91 Å². The van der Waals surface area contributed by atoms with Gasteiger partial charge in [0, 0.05) is 18.5 Å². The lowest BCUT2D eigenvalue weighted by molar-refractivity contribution is -0.379. The van der Waals surface area contributed by atoms with Gasteiger partial charge in [0.15, 0.2) is 0 Å². The molecule has 0 bridgehead atoms. The van der Waals surface area contributed by atoms with Gasteiger partial charge in [0.05, 0.1) is 4.92 Å². The van der Waals surface area contributed by atoms with Gasteiger partial charge in [-0.2, -0.15) is 0 Å². The number of anilines is 1. The Morgan fingerprint density at radius 3 is 3.00 bits per heavy atom. The Morgan fingerprint density at radius 2 is 2.38 bits per heavy atom. The number of rotatable bonds is 2. The molecule has 82 valence electrons. The number of fused-ring (bicyclic) bond motifs is 1. The van der Waals surface area contributed by atoms with Gasteiger partial charge in [0.25, 0.3) is 0 Å². The molecule has 7 heteroatoms. The fourth-order valence-electron chi connectivity index (χ4n) is 1.35. The molecule has 2 aromatic heterocycles. The predicted octanol–water partition coefficient (Wildman–Crippen LogP) is 2.16. The van der Waals surface area contributed by atoms with Crippen molar-refractivity contribution in [2.45, 2.75) is 6.92 Å². The van der Waals surface area contributed by atoms with E-state index in [1.54, 1.807) is 18.3 Å². The number of nitrogens with zero attached hydrogens (tertiary/aromatic N) is 2. The van der Waals surface area contributed by atoms with E-state index in [0.717, 1.165) is 11.3 Å². The average Bonchev–Trinajstić information content (AvgIpc) is 2.57. The second-order valence-corrected chi connectivity index (χ2v) is 4.05. The van der Waals surface area contributed by atoms with Crippen LogP contribution >= 0.6 is 11.3 Å². The number of aromatic nitrogens is 1. The van der Waals surface area contributed by atoms with Crippen LogP contribution in [0, 0.1) is 10.1 Å². The van der Waals surface area contributed by atoms with Crippen LogP contribution in [0.3, 0.4) is 0 Å². The van der Waals surface area contributed by atoms with E-state index in [2.05, 4.69) is 10.3 Å². The molecule has 0 saturated carbocycles. The highest BCUT2D eigenvalue weighted by molar-refractivity contribution is 7.22. The van der Waals surface area contributed by atoms with Crippen LogP contribution in [0.1, 0.15) is 6.92 Å². The van der Waals surface area contributed by atoms with E-state index in [4.69, 9.17) is 0 Å². The summed E-state index contributed by atoms with van der Waals surface area (Å²) in [6.45, 7) is 1.31. The van der Waals surface area contributed by atoms with Crippen LogP contribution in [0.2, 0.25) is 0 Å². The van der Waals surface area contributed by atoms with Gasteiger partial charge in [-0.25, -0.2) is 4.98 Å². The smallest absolute Gasteiger partial charge is 0.319 e. The van der Waals surface area contributed by atoms with Crippen molar-refractivity contribution in [3.05, 3.63) is 28.4 Å². The van der Waals surface area contributed by atoms with Crippen LogP contribution < -0.4 is 5.32 Å². The van der Waals surface area contributed by atoms with Crippen LogP contribution in [-0.4, -0.2) is 15.8 Å². The van der Waals surface area contributed by atoms with E-state index in [0.29, 0.717) is 10.2 Å². The summed E-state index contributed by atoms with van der Waals surface area (Å²) in [5, 5.41) is 13.8. The Bertz CT molecular complexity index is 578. The van der Waals surface area contributed by atoms with Crippen molar-refractivity contribution in [1.29, 1.82) is 0 Å². The Hall–Kier alpha value is -2.02. The third-order valence-electron chi connectivity index (χ3n) is 1.91. The number of nitrogens with one attached hydrogen (secondary N) is 1. The van der Waals surface area contributed by atoms with Crippen LogP contribution in [0.4, 0.5) is 10.7 Å². The molecule has 0 spiro atoms. The van der Waals surface area contributed by atoms with Gasteiger partial charge in [-0.05, 0) is 23.5 Å². The number of hydrogen-bond donors (Lipinski definition) is 1. The SMILES string of the molecule is CC(=O)Nc1c([N+](=O)[O-])sc2ncccc12. The number of nitro groups is 1. The van der Waals surface area contributed by atoms with Crippen LogP contribution in [-0.2, 0) is 4.79 Å². The summed E-state index contributed by atoms with van der Waals surface area (Å²) in [5.74, 6) is -0.341. The van der Waals surface area contributed by atoms with E-state index in [9.17, 15) is 14.9 Å². The molecule has 2 rings (SSSR count). The van der Waals surface area contributed by atoms with E-state index in [-0.39, 0.29) is 16.6 Å². The molecule has 0 aliphatic heterocycles. The Balaban J connectivity index is 2.69. The van der Waals surface area contributed by atoms with Gasteiger partial charge in [-0.1, -0.05) is 0 Å². The number of carbonyl (C=O) groups is 1. The van der Waals surface area contributed by atoms with Crippen molar-refractivity contribution in [2.24, 2.45) is 0 Å². The van der Waals surface area contributed by atoms with Gasteiger partial charge in [0.1, 0.15) is 10.5 Å². The lowest BCUT2D eigenvalue weighted by Gasteiger charge is -1.98. The van der Waals surface area contributed by atoms with E-state index < -0.39 is 4.92 Å². The maximum Gasteiger partial charge on any atom is 0.350 e. The summed E-state index contributed by atoms with van der Waals surface area (Å²) in [6.07, 6.45) is 1.56. The summed E-state index contributed by atoms with van der Waals surface area (Å²) in [4.78, 5) is 25.8. The van der Waals surface area contributed by atoms with Crippen molar-refractivity contribution >= 4 is 38.1 Å². The molecule has 0 aliphatic carbocycles. The van der Waals surface area contributed by atoms with Crippen molar-refractivity contribution in [1.82, 2.24) is 4.98 Å². The van der Waals surface area contributed by atoms with Crippen molar-refractivity contribution in [3.8, 4) is 0 Å². The first-order valence-electron chi connectivity index (χ1n) is 4.39. The molecular formula is C9H7N3O3S. The molecule has 0 saturated heterocycles. The second kappa shape index (κ2) is 3.86. The highest BCUT2D eigenvalue weighted by Gasteiger charge is 2.22. The zero-order valence-electron chi connectivity index (χ0n) is 8.26. The number of pyridine rings is 1. The first kappa shape index (κ1) is 10.5. The lowest BCUT2D eigenvalue weighted by Crippen LogP contribution is -2.06. The number of hydrogen-bond acceptors (Lipinski definition) is 5. The molecule has 0 fully saturated rings. The number of thiophene rings is 1. The molecule has 0 aliphatic rings. The quantitative estimate of drug-likeness (QED) is 0.640. The molecule has 1 amide bonds. The highest BCUT2D eigenvalue weighted by atomic mass is 32.1. The van der Waals surface area contributed by atoms with Crippen molar-refractivity contribution in [2.75, 3.05) is 5.32 Å². The van der Waals surface area contributed by atoms with Gasteiger partial charge >= 0.3 is 5.00 Å². The zero-order valence-corrected chi connectivity index (χ0v) is 9.08. The zero-order chi connectivity index (χ0) is 11.7. The van der Waals surface area contributed by atoms with Gasteiger partial charge < -0.3 is 5.32 Å². The molecule has 1 N–H and O–H groups in total. The minimum Gasteiger partial charge on any atom is -0.319 e. The lowest BCUT2D eigenvalue weighted by atomic mass is 10.3. The maximum absolute atomic E-state index is 11.0. The minimum atomic E-state index is -0.516. The average molecular weight is 237 g/mol. The Labute approximate surface area is 94.1 Å². The topological polar surface area (TPSA) is 85.1 Å². The fourth-order valence-corrected chi connectivity index (χ4v) is 2.26. The maximum atomic E-state index is 11.0. The van der Waals surface area contributed by atoms with E-state index >= 15 is 0 Å². The summed E-state index contributed by atoms with van der Waals surface area (Å²) < 4.78 is 0. The third kappa shape index (κ3) is 1.72. The van der Waals surface area contributed by atoms with Gasteiger partial charge in [-0.15, -0.1) is 0 Å². The van der Waals surface area contributed by atoms with E-state index in [1.165, 1.54) is 6.92 Å². The molecule has 2 heterocycles. The predicted molar refractivity (Wildman–Crippen MR) is 60.6 cm³/mol. The molecule has 0 aromatic carbocycles. The monoisotopic (exact) mass is 237 g/mol. The van der Waals surface area contributed by atoms with Gasteiger partial charge in [-0.3, -0.25) is 14.9 Å². The highest BCUT2D eigenvalue weighted by Crippen LogP contribution is 2.40. The molecule has 0 atom stereocenters. The summed E-state index contributed by atoms with van der Waals surface area (Å²) in [5.41, 5.74) is 0.227. The second-order valence-electron chi connectivity index (χ2n) is 3.08. The van der Waals surface area contributed by atoms with Crippen molar-refractivity contribution < 1.29 is 9.72 Å². The summed E-state index contributed by atoms with van der Waals surface area (Å²) in [6, 6.07) is 3.36. The molecule has 0 radical (unpaired) electrons. The van der Waals surface area contributed by atoms with Crippen LogP contribution in [0.5, 0.6) is 0 Å². The molecule has 16 heavy (non-hydrogen) atoms. The number of carbonyl (C=O) groups excluding carboxylic acids is 1. The fraction of sp³-hybridized carbons (Fsp3) is 0.111. The summed E-state index contributed by atoms with van der Waals surface area (Å²) in [7, 11) is 0. The Kier molecular flexibility index (Phi) is 2.53. The normalized spacial score (nSPS) is 10.3. The Morgan fingerprint density at radius 1 is 1.62 bits per heavy atom.